The van der Waals surface area contributed by atoms with Crippen molar-refractivity contribution in [2.24, 2.45) is 5.92 Å². The fraction of sp³-hybridized carbons (Fsp3) is 0.393. The first kappa shape index (κ1) is 24.2. The lowest BCUT2D eigenvalue weighted by molar-refractivity contribution is 0.0237. The molecular weight excluding hydrogens is 426 g/mol. The molecule has 4 rings (SSSR count). The fourth-order valence-corrected chi connectivity index (χ4v) is 4.23. The Labute approximate surface area is 202 Å². The van der Waals surface area contributed by atoms with Crippen LogP contribution in [0.1, 0.15) is 24.0 Å². The van der Waals surface area contributed by atoms with Gasteiger partial charge in [-0.25, -0.2) is 0 Å². The number of aromatic nitrogens is 1. The van der Waals surface area contributed by atoms with Crippen molar-refractivity contribution in [3.63, 3.8) is 0 Å². The number of rotatable bonds is 14. The number of ether oxygens (including phenoxy) is 1. The van der Waals surface area contributed by atoms with Crippen molar-refractivity contribution in [1.82, 2.24) is 10.1 Å². The molecule has 0 spiro atoms. The molecule has 1 fully saturated rings. The second-order valence-electron chi connectivity index (χ2n) is 9.14. The summed E-state index contributed by atoms with van der Waals surface area (Å²) in [5.74, 6) is 1.45. The van der Waals surface area contributed by atoms with E-state index in [2.05, 4.69) is 45.8 Å². The number of nitrogens with zero attached hydrogens (tertiary/aromatic N) is 3. The van der Waals surface area contributed by atoms with E-state index in [1.54, 1.807) is 6.08 Å². The van der Waals surface area contributed by atoms with Crippen LogP contribution < -0.4 is 4.90 Å². The van der Waals surface area contributed by atoms with Crippen molar-refractivity contribution in [3.05, 3.63) is 84.4 Å². The molecule has 0 saturated heterocycles. The third-order valence-corrected chi connectivity index (χ3v) is 6.03. The highest BCUT2D eigenvalue weighted by molar-refractivity contribution is 5.68. The van der Waals surface area contributed by atoms with Gasteiger partial charge >= 0.3 is 0 Å². The molecule has 34 heavy (non-hydrogen) atoms. The molecule has 1 atom stereocenters. The van der Waals surface area contributed by atoms with Crippen LogP contribution in [-0.4, -0.2) is 54.6 Å². The molecule has 0 bridgehead atoms. The summed E-state index contributed by atoms with van der Waals surface area (Å²) in [6, 6.07) is 20.5. The summed E-state index contributed by atoms with van der Waals surface area (Å²) in [5.41, 5.74) is 4.14. The van der Waals surface area contributed by atoms with Gasteiger partial charge in [0.05, 0.1) is 24.9 Å². The van der Waals surface area contributed by atoms with Crippen LogP contribution in [-0.2, 0) is 17.8 Å². The first-order chi connectivity index (χ1) is 16.6. The highest BCUT2D eigenvalue weighted by Gasteiger charge is 2.29. The Kier molecular flexibility index (Phi) is 8.52. The van der Waals surface area contributed by atoms with Gasteiger partial charge in [0.15, 0.2) is 0 Å². The van der Waals surface area contributed by atoms with Crippen molar-refractivity contribution in [3.8, 4) is 11.3 Å². The number of aliphatic hydroxyl groups excluding tert-OH is 1. The summed E-state index contributed by atoms with van der Waals surface area (Å²) in [7, 11) is 2.04. The summed E-state index contributed by atoms with van der Waals surface area (Å²) >= 11 is 0. The summed E-state index contributed by atoms with van der Waals surface area (Å²) in [6.07, 6.45) is 3.63. The first-order valence-electron chi connectivity index (χ1n) is 12.0. The quantitative estimate of drug-likeness (QED) is 0.276. The summed E-state index contributed by atoms with van der Waals surface area (Å²) in [6.45, 7) is 7.26. The summed E-state index contributed by atoms with van der Waals surface area (Å²) < 4.78 is 11.4. The maximum absolute atomic E-state index is 10.6. The lowest BCUT2D eigenvalue weighted by atomic mass is 10.1. The van der Waals surface area contributed by atoms with Crippen LogP contribution >= 0.6 is 0 Å². The van der Waals surface area contributed by atoms with Gasteiger partial charge in [-0.3, -0.25) is 4.90 Å². The van der Waals surface area contributed by atoms with Crippen LogP contribution in [0.4, 0.5) is 5.88 Å². The zero-order valence-corrected chi connectivity index (χ0v) is 20.0. The van der Waals surface area contributed by atoms with Crippen LogP contribution in [0.5, 0.6) is 0 Å². The summed E-state index contributed by atoms with van der Waals surface area (Å²) in [4.78, 5) is 4.43. The van der Waals surface area contributed by atoms with Crippen molar-refractivity contribution < 1.29 is 14.4 Å². The number of anilines is 1. The normalized spacial score (nSPS) is 14.3. The van der Waals surface area contributed by atoms with E-state index >= 15 is 0 Å². The Morgan fingerprint density at radius 3 is 2.50 bits per heavy atom. The van der Waals surface area contributed by atoms with Gasteiger partial charge in [-0.15, -0.1) is 6.58 Å². The highest BCUT2D eigenvalue weighted by atomic mass is 16.5. The molecule has 1 aliphatic rings. The zero-order chi connectivity index (χ0) is 23.8. The maximum Gasteiger partial charge on any atom is 0.232 e. The third-order valence-electron chi connectivity index (χ3n) is 6.03. The number of hydrogen-bond acceptors (Lipinski definition) is 6. The van der Waals surface area contributed by atoms with Crippen molar-refractivity contribution in [2.75, 3.05) is 38.3 Å². The van der Waals surface area contributed by atoms with E-state index in [0.29, 0.717) is 32.2 Å². The lowest BCUT2D eigenvalue weighted by Crippen LogP contribution is -2.36. The van der Waals surface area contributed by atoms with Gasteiger partial charge in [0, 0.05) is 38.8 Å². The molecule has 2 aromatic carbocycles. The Hall–Kier alpha value is -2.93. The standard InChI is InChI=1S/C28H35N3O3/c1-3-16-33-21-25(32)19-31(18-23-14-15-23)20-26-27(24-12-8-5-9-13-24)29-34-28(26)30(2)17-22-10-6-4-7-11-22/h3-13,23,25,32H,1,14-21H2,2H3. The Balaban J connectivity index is 1.58. The van der Waals surface area contributed by atoms with Gasteiger partial charge in [0.1, 0.15) is 5.69 Å². The predicted molar refractivity (Wildman–Crippen MR) is 136 cm³/mol. The van der Waals surface area contributed by atoms with E-state index in [4.69, 9.17) is 9.26 Å². The van der Waals surface area contributed by atoms with Crippen molar-refractivity contribution in [1.29, 1.82) is 0 Å². The molecule has 1 unspecified atom stereocenters. The molecule has 1 heterocycles. The molecule has 0 aliphatic heterocycles. The van der Waals surface area contributed by atoms with Gasteiger partial charge in [-0.2, -0.15) is 0 Å². The molecule has 6 heteroatoms. The van der Waals surface area contributed by atoms with Crippen LogP contribution in [0.15, 0.2) is 77.8 Å². The number of hydrogen-bond donors (Lipinski definition) is 1. The molecule has 0 radical (unpaired) electrons. The Morgan fingerprint density at radius 2 is 1.82 bits per heavy atom. The number of benzene rings is 2. The second kappa shape index (κ2) is 12.0. The molecule has 1 N–H and O–H groups in total. The molecule has 1 aliphatic carbocycles. The van der Waals surface area contributed by atoms with E-state index in [0.717, 1.165) is 35.8 Å². The first-order valence-corrected chi connectivity index (χ1v) is 12.0. The van der Waals surface area contributed by atoms with Crippen LogP contribution in [0.3, 0.4) is 0 Å². The van der Waals surface area contributed by atoms with Gasteiger partial charge in [0.25, 0.3) is 0 Å². The molecule has 3 aromatic rings. The monoisotopic (exact) mass is 461 g/mol. The minimum Gasteiger partial charge on any atom is -0.389 e. The molecule has 1 aromatic heterocycles. The lowest BCUT2D eigenvalue weighted by Gasteiger charge is -2.26. The smallest absolute Gasteiger partial charge is 0.232 e. The van der Waals surface area contributed by atoms with Crippen LogP contribution in [0.25, 0.3) is 11.3 Å². The van der Waals surface area contributed by atoms with E-state index in [9.17, 15) is 5.11 Å². The maximum atomic E-state index is 10.6. The predicted octanol–water partition coefficient (Wildman–Crippen LogP) is 4.75. The Bertz CT molecular complexity index is 1020. The fourth-order valence-electron chi connectivity index (χ4n) is 4.23. The second-order valence-corrected chi connectivity index (χ2v) is 9.14. The third kappa shape index (κ3) is 6.79. The average Bonchev–Trinajstić information content (AvgIpc) is 3.56. The van der Waals surface area contributed by atoms with E-state index in [1.807, 2.05) is 43.4 Å². The Morgan fingerprint density at radius 1 is 1.12 bits per heavy atom. The topological polar surface area (TPSA) is 62.0 Å². The van der Waals surface area contributed by atoms with E-state index in [1.165, 1.54) is 18.4 Å². The van der Waals surface area contributed by atoms with Crippen molar-refractivity contribution >= 4 is 5.88 Å². The molecule has 1 saturated carbocycles. The zero-order valence-electron chi connectivity index (χ0n) is 20.0. The van der Waals surface area contributed by atoms with Gasteiger partial charge in [0.2, 0.25) is 5.88 Å². The average molecular weight is 462 g/mol. The molecular formula is C28H35N3O3. The van der Waals surface area contributed by atoms with Gasteiger partial charge < -0.3 is 19.3 Å². The van der Waals surface area contributed by atoms with Crippen molar-refractivity contribution in [2.45, 2.75) is 32.0 Å². The van der Waals surface area contributed by atoms with Gasteiger partial charge in [-0.1, -0.05) is 71.9 Å². The molecule has 0 amide bonds. The molecule has 6 nitrogen and oxygen atoms in total. The minimum absolute atomic E-state index is 0.295. The molecule has 180 valence electrons. The largest absolute Gasteiger partial charge is 0.389 e. The number of aliphatic hydroxyl groups is 1. The van der Waals surface area contributed by atoms with E-state index < -0.39 is 6.10 Å². The van der Waals surface area contributed by atoms with Crippen LogP contribution in [0.2, 0.25) is 0 Å². The van der Waals surface area contributed by atoms with Crippen LogP contribution in [0, 0.1) is 5.92 Å². The minimum atomic E-state index is -0.566. The van der Waals surface area contributed by atoms with E-state index in [-0.39, 0.29) is 0 Å². The highest BCUT2D eigenvalue weighted by Crippen LogP contribution is 2.35. The van der Waals surface area contributed by atoms with Gasteiger partial charge in [-0.05, 0) is 24.3 Å². The summed E-state index contributed by atoms with van der Waals surface area (Å²) in [5, 5.41) is 15.1. The SMILES string of the molecule is C=CCOCC(O)CN(Cc1c(-c2ccccc2)noc1N(C)Cc1ccccc1)CC1CC1.